The van der Waals surface area contributed by atoms with Crippen molar-refractivity contribution in [3.05, 3.63) is 29.8 Å². The molecule has 0 spiro atoms. The lowest BCUT2D eigenvalue weighted by molar-refractivity contribution is 0.104. The number of hydrogen-bond donors (Lipinski definition) is 2. The van der Waals surface area contributed by atoms with Crippen LogP contribution in [0.2, 0.25) is 0 Å². The van der Waals surface area contributed by atoms with E-state index in [1.165, 1.54) is 0 Å². The third kappa shape index (κ3) is 7.15. The predicted octanol–water partition coefficient (Wildman–Crippen LogP) is 1.61. The topological polar surface area (TPSA) is 50.7 Å². The summed E-state index contributed by atoms with van der Waals surface area (Å²) in [6.45, 7) is -13.8. The van der Waals surface area contributed by atoms with Crippen molar-refractivity contribution in [2.24, 2.45) is 0 Å². The normalized spacial score (nSPS) is 31.1. The molecule has 108 valence electrons. The van der Waals surface area contributed by atoms with E-state index in [0.29, 0.717) is 0 Å². The van der Waals surface area contributed by atoms with E-state index in [0.717, 1.165) is 24.3 Å². The van der Waals surface area contributed by atoms with Gasteiger partial charge < -0.3 is 19.9 Å². The van der Waals surface area contributed by atoms with Crippen LogP contribution >= 0.6 is 0 Å². The maximum atomic E-state index is 10.2. The van der Waals surface area contributed by atoms with Crippen molar-refractivity contribution < 1.29 is 36.5 Å². The molecule has 0 aliphatic heterocycles. The molecule has 1 unspecified atom stereocenters. The van der Waals surface area contributed by atoms with Gasteiger partial charge in [0.15, 0.2) is 0 Å². The fourth-order valence-corrected chi connectivity index (χ4v) is 1.04. The highest BCUT2D eigenvalue weighted by Crippen LogP contribution is 2.12. The molecule has 1 aromatic rings. The van der Waals surface area contributed by atoms with E-state index in [-0.39, 0.29) is 5.75 Å². The average Bonchev–Trinajstić information content (AvgIpc) is 2.57. The zero-order chi connectivity index (χ0) is 27.9. The predicted molar refractivity (Wildman–Crippen MR) is 76.7 cm³/mol. The van der Waals surface area contributed by atoms with Crippen molar-refractivity contribution >= 4 is 0 Å². The number of aryl methyl sites for hydroxylation is 1. The summed E-state index contributed by atoms with van der Waals surface area (Å²) in [6, 6.07) is 1.61. The number of methoxy groups -OCH3 is 1. The van der Waals surface area contributed by atoms with E-state index in [4.69, 9.17) is 26.7 Å². The van der Waals surface area contributed by atoms with Gasteiger partial charge in [0.2, 0.25) is 0 Å². The first-order chi connectivity index (χ1) is 15.2. The summed E-state index contributed by atoms with van der Waals surface area (Å²) in [5.41, 5.74) is -0.402. The van der Waals surface area contributed by atoms with Gasteiger partial charge >= 0.3 is 0 Å². The molecule has 0 radical (unpaired) electrons. The van der Waals surface area contributed by atoms with Gasteiger partial charge in [0.25, 0.3) is 0 Å². The number of ether oxygens (including phenoxy) is 2. The summed E-state index contributed by atoms with van der Waals surface area (Å²) in [5.74, 6) is -0.374. The van der Waals surface area contributed by atoms with E-state index < -0.39 is 64.5 Å². The number of rotatable bonds is 9. The number of benzene rings is 1. The van der Waals surface area contributed by atoms with Crippen LogP contribution in [0.4, 0.5) is 0 Å². The number of aliphatic hydroxyl groups is 1. The van der Waals surface area contributed by atoms with Crippen LogP contribution in [0, 0.1) is 0 Å². The molecule has 0 aliphatic rings. The van der Waals surface area contributed by atoms with Gasteiger partial charge in [-0.25, -0.2) is 0 Å². The van der Waals surface area contributed by atoms with E-state index in [1.54, 1.807) is 0 Å². The second kappa shape index (κ2) is 8.91. The largest absolute Gasteiger partial charge is 0.491 e. The molecular weight excluding hydrogens is 242 g/mol. The van der Waals surface area contributed by atoms with Gasteiger partial charge in [0.1, 0.15) is 18.4 Å². The maximum absolute atomic E-state index is 10.2. The molecule has 0 aliphatic carbocycles. The summed E-state index contributed by atoms with van der Waals surface area (Å²) >= 11 is 0. The van der Waals surface area contributed by atoms with Crippen molar-refractivity contribution in [3.8, 4) is 5.75 Å². The number of nitrogens with one attached hydrogen (secondary N) is 1. The molecule has 0 heterocycles. The first-order valence-corrected chi connectivity index (χ1v) is 5.18. The molecule has 1 atom stereocenters. The van der Waals surface area contributed by atoms with Gasteiger partial charge in [-0.05, 0) is 24.1 Å². The second-order valence-electron chi connectivity index (χ2n) is 3.32. The molecule has 1 aromatic carbocycles. The van der Waals surface area contributed by atoms with Crippen molar-refractivity contribution in [1.29, 1.82) is 0 Å². The Morgan fingerprint density at radius 2 is 2.21 bits per heavy atom. The molecule has 0 saturated carbocycles. The van der Waals surface area contributed by atoms with Crippen LogP contribution in [0.1, 0.15) is 41.2 Å². The number of hydrogen-bond acceptors (Lipinski definition) is 4. The summed E-state index contributed by atoms with van der Waals surface area (Å²) in [4.78, 5) is 0. The Balaban J connectivity index is 3.05. The molecule has 0 amide bonds. The van der Waals surface area contributed by atoms with Crippen molar-refractivity contribution in [2.45, 2.75) is 32.2 Å². The van der Waals surface area contributed by atoms with Crippen LogP contribution in [0.25, 0.3) is 0 Å². The third-order valence-electron chi connectivity index (χ3n) is 1.86. The van der Waals surface area contributed by atoms with E-state index in [2.05, 4.69) is 4.74 Å². The van der Waals surface area contributed by atoms with Gasteiger partial charge in [-0.2, -0.15) is 0 Å². The van der Waals surface area contributed by atoms with Crippen molar-refractivity contribution in [1.82, 2.24) is 5.32 Å². The lowest BCUT2D eigenvalue weighted by atomic mass is 10.1. The highest BCUT2D eigenvalue weighted by Gasteiger charge is 2.05. The van der Waals surface area contributed by atoms with Gasteiger partial charge in [0.05, 0.1) is 17.5 Å². The molecule has 0 bridgehead atoms. The first kappa shape index (κ1) is 4.45. The molecule has 0 aromatic heterocycles. The molecule has 2 N–H and O–H groups in total. The van der Waals surface area contributed by atoms with Crippen LogP contribution in [0.3, 0.4) is 0 Å². The molecule has 0 fully saturated rings. The zero-order valence-corrected chi connectivity index (χ0v) is 9.86. The smallest absolute Gasteiger partial charge is 0.119 e. The highest BCUT2D eigenvalue weighted by molar-refractivity contribution is 5.27. The van der Waals surface area contributed by atoms with Gasteiger partial charge in [0, 0.05) is 30.6 Å². The summed E-state index contributed by atoms with van der Waals surface area (Å²) in [6.07, 6.45) is -6.17. The monoisotopic (exact) mass is 283 g/mol. The van der Waals surface area contributed by atoms with Crippen LogP contribution in [-0.2, 0) is 11.1 Å². The van der Waals surface area contributed by atoms with Gasteiger partial charge in [-0.15, -0.1) is 0 Å². The Hall–Kier alpha value is -1.10. The fourth-order valence-electron chi connectivity index (χ4n) is 1.04. The molecule has 4 heteroatoms. The molecule has 0 saturated heterocycles. The molecule has 4 nitrogen and oxygen atoms in total. The summed E-state index contributed by atoms with van der Waals surface area (Å²) in [7, 11) is -3.24. The van der Waals surface area contributed by atoms with Gasteiger partial charge in [-0.1, -0.05) is 25.8 Å². The van der Waals surface area contributed by atoms with Crippen molar-refractivity contribution in [3.63, 3.8) is 0 Å². The van der Waals surface area contributed by atoms with Crippen molar-refractivity contribution in [2.75, 3.05) is 26.7 Å². The second-order valence-corrected chi connectivity index (χ2v) is 3.32. The molecule has 19 heavy (non-hydrogen) atoms. The fraction of sp³-hybridized carbons (Fsp3) is 0.600. The lowest BCUT2D eigenvalue weighted by Gasteiger charge is -2.15. The highest BCUT2D eigenvalue weighted by atomic mass is 16.5. The average molecular weight is 283 g/mol. The minimum absolute atomic E-state index is 0.374. The molecule has 1 rings (SSSR count). The lowest BCUT2D eigenvalue weighted by Crippen LogP contribution is -2.35. The maximum Gasteiger partial charge on any atom is 0.119 e. The van der Waals surface area contributed by atoms with Crippen LogP contribution in [-0.4, -0.2) is 43.9 Å². The Bertz CT molecular complexity index is 830. The standard InChI is InChI=1S/C15H25NO3/c1-12(2)16-10-14(17)11-19-15-6-4-13(5-7-15)8-9-18-3/h4-7,12,14,16-17H,8-11H2,1-3H3/i1D3,2D3,3D3,8D2,9D2,11D2,14D. The Morgan fingerprint density at radius 1 is 1.42 bits per heavy atom. The van der Waals surface area contributed by atoms with Gasteiger partial charge in [-0.3, -0.25) is 0 Å². The third-order valence-corrected chi connectivity index (χ3v) is 1.86. The minimum Gasteiger partial charge on any atom is -0.491 e. The minimum atomic E-state index is -3.29. The Labute approximate surface area is 138 Å². The van der Waals surface area contributed by atoms with E-state index in [1.807, 2.05) is 5.32 Å². The SMILES string of the molecule is [2H]C([2H])([2H])OC([2H])([2H])C([2H])([2H])c1ccc(OC([2H])([2H])C([2H])(O)CNC(C([2H])([2H])[2H])C([2H])([2H])[2H])cc1. The Morgan fingerprint density at radius 3 is 2.89 bits per heavy atom. The Kier molecular flexibility index (Phi) is 2.09. The van der Waals surface area contributed by atoms with Crippen LogP contribution < -0.4 is 10.1 Å². The van der Waals surface area contributed by atoms with E-state index in [9.17, 15) is 5.11 Å². The zero-order valence-electron chi connectivity index (χ0n) is 25.9. The summed E-state index contributed by atoms with van der Waals surface area (Å²) < 4.78 is 129. The summed E-state index contributed by atoms with van der Waals surface area (Å²) in [5, 5.41) is 12.2. The van der Waals surface area contributed by atoms with Crippen LogP contribution in [0.15, 0.2) is 24.3 Å². The quantitative estimate of drug-likeness (QED) is 0.723. The van der Waals surface area contributed by atoms with Crippen LogP contribution in [0.5, 0.6) is 5.75 Å². The van der Waals surface area contributed by atoms with E-state index >= 15 is 0 Å². The molecular formula is C15H25NO3. The first-order valence-electron chi connectivity index (χ1n) is 13.2.